The monoisotopic (exact) mass is 334 g/mol. The van der Waals surface area contributed by atoms with E-state index in [4.69, 9.17) is 9.26 Å². The van der Waals surface area contributed by atoms with Crippen LogP contribution in [0, 0.1) is 0 Å². The zero-order valence-corrected chi connectivity index (χ0v) is 14.4. The molecule has 0 aliphatic heterocycles. The van der Waals surface area contributed by atoms with Crippen LogP contribution in [0.1, 0.15) is 31.4 Å². The molecule has 0 aromatic heterocycles. The molecule has 1 N–H and O–H groups in total. The van der Waals surface area contributed by atoms with Gasteiger partial charge < -0.3 is 14.2 Å². The van der Waals surface area contributed by atoms with Gasteiger partial charge in [-0.3, -0.25) is 4.57 Å². The first kappa shape index (κ1) is 17.7. The minimum Gasteiger partial charge on any atom is -0.489 e. The van der Waals surface area contributed by atoms with E-state index in [9.17, 15) is 9.46 Å². The standard InChI is InChI=1S/C18H23O4P/c1-3-15(2)22-23(19,20)14-17-10-7-11-18(12-17)21-13-16-8-5-4-6-9-16/h4-12,15H,3,13-14H2,1-2H3,(H,19,20). The molecule has 0 spiro atoms. The van der Waals surface area contributed by atoms with Gasteiger partial charge in [0.25, 0.3) is 0 Å². The molecule has 2 aromatic carbocycles. The summed E-state index contributed by atoms with van der Waals surface area (Å²) < 4.78 is 23.1. The van der Waals surface area contributed by atoms with Crippen molar-refractivity contribution in [1.82, 2.24) is 0 Å². The lowest BCUT2D eigenvalue weighted by Crippen LogP contribution is -2.05. The predicted molar refractivity (Wildman–Crippen MR) is 91.6 cm³/mol. The molecule has 0 saturated carbocycles. The van der Waals surface area contributed by atoms with Crippen LogP contribution in [0.5, 0.6) is 5.75 Å². The summed E-state index contributed by atoms with van der Waals surface area (Å²) in [6.45, 7) is 4.18. The van der Waals surface area contributed by atoms with Crippen molar-refractivity contribution in [2.75, 3.05) is 0 Å². The maximum absolute atomic E-state index is 12.1. The molecule has 2 aromatic rings. The predicted octanol–water partition coefficient (Wildman–Crippen LogP) is 4.77. The zero-order chi connectivity index (χ0) is 16.7. The van der Waals surface area contributed by atoms with E-state index in [-0.39, 0.29) is 12.3 Å². The van der Waals surface area contributed by atoms with E-state index in [2.05, 4.69) is 0 Å². The van der Waals surface area contributed by atoms with E-state index in [0.29, 0.717) is 18.8 Å². The number of ether oxygens (including phenoxy) is 1. The first-order valence-corrected chi connectivity index (χ1v) is 9.50. The molecule has 0 bridgehead atoms. The van der Waals surface area contributed by atoms with E-state index >= 15 is 0 Å². The van der Waals surface area contributed by atoms with Crippen molar-refractivity contribution < 1.29 is 18.7 Å². The summed E-state index contributed by atoms with van der Waals surface area (Å²) in [7, 11) is -3.64. The molecule has 0 saturated heterocycles. The largest absolute Gasteiger partial charge is 0.489 e. The molecule has 2 unspecified atom stereocenters. The molecule has 5 heteroatoms. The Kier molecular flexibility index (Phi) is 6.40. The van der Waals surface area contributed by atoms with Crippen molar-refractivity contribution in [3.63, 3.8) is 0 Å². The van der Waals surface area contributed by atoms with Gasteiger partial charge in [0.15, 0.2) is 0 Å². The highest BCUT2D eigenvalue weighted by Gasteiger charge is 2.22. The van der Waals surface area contributed by atoms with Gasteiger partial charge in [-0.05, 0) is 36.6 Å². The van der Waals surface area contributed by atoms with Crippen molar-refractivity contribution in [3.05, 3.63) is 65.7 Å². The third-order valence-corrected chi connectivity index (χ3v) is 4.90. The van der Waals surface area contributed by atoms with Gasteiger partial charge >= 0.3 is 7.60 Å². The SMILES string of the molecule is CCC(C)OP(=O)(O)Cc1cccc(OCc2ccccc2)c1. The van der Waals surface area contributed by atoms with Crippen LogP contribution in [0.15, 0.2) is 54.6 Å². The van der Waals surface area contributed by atoms with Crippen LogP contribution in [0.2, 0.25) is 0 Å². The Hall–Kier alpha value is -1.61. The first-order chi connectivity index (χ1) is 11.0. The lowest BCUT2D eigenvalue weighted by molar-refractivity contribution is 0.185. The minimum atomic E-state index is -3.64. The van der Waals surface area contributed by atoms with Gasteiger partial charge in [-0.25, -0.2) is 0 Å². The fraction of sp³-hybridized carbons (Fsp3) is 0.333. The van der Waals surface area contributed by atoms with Crippen molar-refractivity contribution >= 4 is 7.60 Å². The Morgan fingerprint density at radius 3 is 2.48 bits per heavy atom. The van der Waals surface area contributed by atoms with Gasteiger partial charge in [-0.2, -0.15) is 0 Å². The van der Waals surface area contributed by atoms with Crippen LogP contribution in [0.4, 0.5) is 0 Å². The van der Waals surface area contributed by atoms with Gasteiger partial charge in [0.2, 0.25) is 0 Å². The molecular weight excluding hydrogens is 311 g/mol. The highest BCUT2D eigenvalue weighted by molar-refractivity contribution is 7.51. The quantitative estimate of drug-likeness (QED) is 0.707. The normalized spacial score (nSPS) is 14.9. The second-order valence-electron chi connectivity index (χ2n) is 5.54. The Morgan fingerprint density at radius 2 is 1.78 bits per heavy atom. The van der Waals surface area contributed by atoms with E-state index in [0.717, 1.165) is 11.1 Å². The number of benzene rings is 2. The molecule has 23 heavy (non-hydrogen) atoms. The second kappa shape index (κ2) is 8.30. The molecule has 0 heterocycles. The molecule has 0 amide bonds. The highest BCUT2D eigenvalue weighted by Crippen LogP contribution is 2.47. The lowest BCUT2D eigenvalue weighted by Gasteiger charge is -2.17. The van der Waals surface area contributed by atoms with Gasteiger partial charge in [0, 0.05) is 0 Å². The molecule has 2 rings (SSSR count). The fourth-order valence-corrected chi connectivity index (χ4v) is 3.54. The Labute approximate surface area is 137 Å². The average molecular weight is 334 g/mol. The smallest absolute Gasteiger partial charge is 0.332 e. The summed E-state index contributed by atoms with van der Waals surface area (Å²) in [6.07, 6.45) is 0.452. The third-order valence-electron chi connectivity index (χ3n) is 3.45. The van der Waals surface area contributed by atoms with Crippen molar-refractivity contribution in [1.29, 1.82) is 0 Å². The molecule has 0 fully saturated rings. The lowest BCUT2D eigenvalue weighted by atomic mass is 10.2. The molecule has 4 nitrogen and oxygen atoms in total. The first-order valence-electron chi connectivity index (χ1n) is 7.74. The van der Waals surface area contributed by atoms with Gasteiger partial charge in [-0.1, -0.05) is 49.4 Å². The minimum absolute atomic E-state index is 0.0140. The number of hydrogen-bond acceptors (Lipinski definition) is 3. The van der Waals surface area contributed by atoms with Crippen molar-refractivity contribution in [2.45, 2.75) is 39.1 Å². The van der Waals surface area contributed by atoms with Gasteiger partial charge in [0.05, 0.1) is 12.3 Å². The van der Waals surface area contributed by atoms with Crippen LogP contribution in [-0.4, -0.2) is 11.0 Å². The fourth-order valence-electron chi connectivity index (χ4n) is 2.10. The second-order valence-corrected chi connectivity index (χ2v) is 7.34. The maximum Gasteiger partial charge on any atom is 0.332 e. The summed E-state index contributed by atoms with van der Waals surface area (Å²) >= 11 is 0. The van der Waals surface area contributed by atoms with Crippen LogP contribution in [-0.2, 0) is 21.9 Å². The van der Waals surface area contributed by atoms with E-state index in [1.54, 1.807) is 19.1 Å². The van der Waals surface area contributed by atoms with E-state index in [1.807, 2.05) is 49.4 Å². The van der Waals surface area contributed by atoms with Crippen molar-refractivity contribution in [2.24, 2.45) is 0 Å². The molecule has 0 aliphatic carbocycles. The van der Waals surface area contributed by atoms with Gasteiger partial charge in [-0.15, -0.1) is 0 Å². The summed E-state index contributed by atoms with van der Waals surface area (Å²) in [5, 5.41) is 0. The molecule has 124 valence electrons. The maximum atomic E-state index is 12.1. The van der Waals surface area contributed by atoms with Crippen LogP contribution < -0.4 is 4.74 Å². The van der Waals surface area contributed by atoms with Crippen LogP contribution >= 0.6 is 7.60 Å². The number of rotatable bonds is 8. The summed E-state index contributed by atoms with van der Waals surface area (Å²) in [5.74, 6) is 0.676. The van der Waals surface area contributed by atoms with E-state index in [1.165, 1.54) is 0 Å². The zero-order valence-electron chi connectivity index (χ0n) is 13.5. The van der Waals surface area contributed by atoms with E-state index < -0.39 is 7.60 Å². The molecule has 2 atom stereocenters. The highest BCUT2D eigenvalue weighted by atomic mass is 31.2. The average Bonchev–Trinajstić information content (AvgIpc) is 2.53. The van der Waals surface area contributed by atoms with Crippen LogP contribution in [0.25, 0.3) is 0 Å². The summed E-state index contributed by atoms with van der Waals surface area (Å²) in [5.41, 5.74) is 1.80. The van der Waals surface area contributed by atoms with Crippen LogP contribution in [0.3, 0.4) is 0 Å². The summed E-state index contributed by atoms with van der Waals surface area (Å²) in [4.78, 5) is 9.96. The Balaban J connectivity index is 1.98. The molecular formula is C18H23O4P. The Bertz CT molecular complexity index is 657. The Morgan fingerprint density at radius 1 is 1.09 bits per heavy atom. The summed E-state index contributed by atoms with van der Waals surface area (Å²) in [6, 6.07) is 17.1. The van der Waals surface area contributed by atoms with Crippen molar-refractivity contribution in [3.8, 4) is 5.75 Å². The molecule has 0 aliphatic rings. The topological polar surface area (TPSA) is 55.8 Å². The molecule has 0 radical (unpaired) electrons. The number of hydrogen-bond donors (Lipinski definition) is 1. The van der Waals surface area contributed by atoms with Gasteiger partial charge in [0.1, 0.15) is 12.4 Å². The third kappa shape index (κ3) is 6.19.